The SMILES string of the molecule is CNC(=O)C1CCN(C(=O)c2cnc3ccc(F)cc3c2-c2ccc(C3(C#N)CC3)cc2)CC1. The van der Waals surface area contributed by atoms with Gasteiger partial charge >= 0.3 is 0 Å². The molecule has 3 aromatic rings. The summed E-state index contributed by atoms with van der Waals surface area (Å²) in [4.78, 5) is 31.8. The molecule has 0 radical (unpaired) electrons. The predicted molar refractivity (Wildman–Crippen MR) is 126 cm³/mol. The summed E-state index contributed by atoms with van der Waals surface area (Å²) in [6, 6.07) is 14.5. The van der Waals surface area contributed by atoms with E-state index in [9.17, 15) is 19.2 Å². The number of pyridine rings is 1. The van der Waals surface area contributed by atoms with E-state index in [1.165, 1.54) is 12.1 Å². The molecule has 7 heteroatoms. The van der Waals surface area contributed by atoms with Crippen LogP contribution in [0.15, 0.2) is 48.7 Å². The van der Waals surface area contributed by atoms with E-state index < -0.39 is 11.2 Å². The van der Waals surface area contributed by atoms with Crippen LogP contribution in [-0.4, -0.2) is 41.8 Å². The van der Waals surface area contributed by atoms with Gasteiger partial charge in [-0.2, -0.15) is 5.26 Å². The molecule has 1 aliphatic heterocycles. The second-order valence-corrected chi connectivity index (χ2v) is 9.16. The van der Waals surface area contributed by atoms with Gasteiger partial charge in [0.15, 0.2) is 0 Å². The van der Waals surface area contributed by atoms with Crippen LogP contribution in [0.2, 0.25) is 0 Å². The van der Waals surface area contributed by atoms with Crippen molar-refractivity contribution >= 4 is 22.7 Å². The molecule has 1 saturated carbocycles. The van der Waals surface area contributed by atoms with Gasteiger partial charge in [0.2, 0.25) is 5.91 Å². The van der Waals surface area contributed by atoms with Gasteiger partial charge in [-0.05, 0) is 55.0 Å². The second kappa shape index (κ2) is 8.53. The highest BCUT2D eigenvalue weighted by Crippen LogP contribution is 2.48. The Hall–Kier alpha value is -3.79. The molecule has 1 N–H and O–H groups in total. The number of carbonyl (C=O) groups is 2. The molecule has 1 aromatic heterocycles. The van der Waals surface area contributed by atoms with Gasteiger partial charge in [-0.25, -0.2) is 4.39 Å². The number of nitrogens with one attached hydrogen (secondary N) is 1. The topological polar surface area (TPSA) is 86.1 Å². The first-order valence-electron chi connectivity index (χ1n) is 11.6. The molecule has 2 fully saturated rings. The number of piperidine rings is 1. The molecule has 0 unspecified atom stereocenters. The molecule has 2 amide bonds. The van der Waals surface area contributed by atoms with Crippen LogP contribution < -0.4 is 5.32 Å². The normalized spacial score (nSPS) is 17.3. The van der Waals surface area contributed by atoms with Crippen molar-refractivity contribution in [3.05, 3.63) is 65.6 Å². The molecular weight excluding hydrogens is 431 g/mol. The van der Waals surface area contributed by atoms with E-state index in [0.717, 1.165) is 24.0 Å². The molecule has 172 valence electrons. The number of halogens is 1. The van der Waals surface area contributed by atoms with Crippen LogP contribution in [0.25, 0.3) is 22.0 Å². The highest BCUT2D eigenvalue weighted by Gasteiger charge is 2.44. The summed E-state index contributed by atoms with van der Waals surface area (Å²) in [5.74, 6) is -0.672. The summed E-state index contributed by atoms with van der Waals surface area (Å²) < 4.78 is 14.2. The molecule has 2 heterocycles. The number of fused-ring (bicyclic) bond motifs is 1. The number of nitrogens with zero attached hydrogens (tertiary/aromatic N) is 3. The van der Waals surface area contributed by atoms with Crippen LogP contribution in [0.3, 0.4) is 0 Å². The van der Waals surface area contributed by atoms with Crippen molar-refractivity contribution in [2.45, 2.75) is 31.1 Å². The molecule has 1 saturated heterocycles. The first kappa shape index (κ1) is 22.0. The molecule has 34 heavy (non-hydrogen) atoms. The number of aromatic nitrogens is 1. The fourth-order valence-electron chi connectivity index (χ4n) is 4.90. The van der Waals surface area contributed by atoms with E-state index in [1.807, 2.05) is 24.3 Å². The Labute approximate surface area is 197 Å². The maximum absolute atomic E-state index is 14.2. The lowest BCUT2D eigenvalue weighted by atomic mass is 9.91. The zero-order valence-corrected chi connectivity index (χ0v) is 19.0. The van der Waals surface area contributed by atoms with E-state index in [-0.39, 0.29) is 17.7 Å². The van der Waals surface area contributed by atoms with E-state index in [2.05, 4.69) is 16.4 Å². The Balaban J connectivity index is 1.54. The van der Waals surface area contributed by atoms with Crippen LogP contribution in [0.4, 0.5) is 4.39 Å². The smallest absolute Gasteiger partial charge is 0.256 e. The van der Waals surface area contributed by atoms with Gasteiger partial charge < -0.3 is 10.2 Å². The van der Waals surface area contributed by atoms with Crippen LogP contribution >= 0.6 is 0 Å². The number of likely N-dealkylation sites (tertiary alicyclic amines) is 1. The van der Waals surface area contributed by atoms with Gasteiger partial charge in [0.1, 0.15) is 5.82 Å². The fourth-order valence-corrected chi connectivity index (χ4v) is 4.90. The third kappa shape index (κ3) is 3.79. The fraction of sp³-hybridized carbons (Fsp3) is 0.333. The number of nitriles is 1. The zero-order chi connectivity index (χ0) is 23.9. The van der Waals surface area contributed by atoms with Crippen LogP contribution in [0, 0.1) is 23.1 Å². The largest absolute Gasteiger partial charge is 0.359 e. The summed E-state index contributed by atoms with van der Waals surface area (Å²) in [7, 11) is 1.62. The first-order chi connectivity index (χ1) is 16.5. The summed E-state index contributed by atoms with van der Waals surface area (Å²) >= 11 is 0. The summed E-state index contributed by atoms with van der Waals surface area (Å²) in [6.07, 6.45) is 4.46. The van der Waals surface area contributed by atoms with E-state index in [0.29, 0.717) is 48.0 Å². The minimum atomic E-state index is -0.404. The van der Waals surface area contributed by atoms with Crippen molar-refractivity contribution < 1.29 is 14.0 Å². The van der Waals surface area contributed by atoms with Crippen LogP contribution in [-0.2, 0) is 10.2 Å². The highest BCUT2D eigenvalue weighted by molar-refractivity contribution is 6.08. The Bertz CT molecular complexity index is 1320. The quantitative estimate of drug-likeness (QED) is 0.638. The second-order valence-electron chi connectivity index (χ2n) is 9.16. The Morgan fingerprint density at radius 3 is 2.47 bits per heavy atom. The standard InChI is InChI=1S/C27H25FN4O2/c1-30-25(33)18-8-12-32(13-9-18)26(34)22-15-31-23-7-6-20(28)14-21(23)24(22)17-2-4-19(5-3-17)27(16-29)10-11-27/h2-7,14-15,18H,8-13H2,1H3,(H,30,33). The number of hydrogen-bond donors (Lipinski definition) is 1. The Morgan fingerprint density at radius 1 is 1.15 bits per heavy atom. The lowest BCUT2D eigenvalue weighted by Gasteiger charge is -2.31. The van der Waals surface area contributed by atoms with Gasteiger partial charge in [-0.1, -0.05) is 24.3 Å². The van der Waals surface area contributed by atoms with Crippen LogP contribution in [0.1, 0.15) is 41.6 Å². The molecule has 0 atom stereocenters. The van der Waals surface area contributed by atoms with Crippen molar-refractivity contribution in [3.63, 3.8) is 0 Å². The summed E-state index contributed by atoms with van der Waals surface area (Å²) in [5.41, 5.74) is 2.98. The minimum absolute atomic E-state index is 0.00142. The molecule has 0 spiro atoms. The summed E-state index contributed by atoms with van der Waals surface area (Å²) in [6.45, 7) is 0.947. The number of amides is 2. The number of carbonyl (C=O) groups excluding carboxylic acids is 2. The highest BCUT2D eigenvalue weighted by atomic mass is 19.1. The first-order valence-corrected chi connectivity index (χ1v) is 11.6. The monoisotopic (exact) mass is 456 g/mol. The van der Waals surface area contributed by atoms with Crippen molar-refractivity contribution in [1.29, 1.82) is 5.26 Å². The maximum Gasteiger partial charge on any atom is 0.256 e. The van der Waals surface area contributed by atoms with Gasteiger partial charge in [0.05, 0.1) is 22.6 Å². The Morgan fingerprint density at radius 2 is 1.85 bits per heavy atom. The third-order valence-electron chi connectivity index (χ3n) is 7.15. The third-order valence-corrected chi connectivity index (χ3v) is 7.15. The van der Waals surface area contributed by atoms with Crippen molar-refractivity contribution in [2.75, 3.05) is 20.1 Å². The minimum Gasteiger partial charge on any atom is -0.359 e. The van der Waals surface area contributed by atoms with Crippen molar-refractivity contribution in [3.8, 4) is 17.2 Å². The van der Waals surface area contributed by atoms with Gasteiger partial charge in [0, 0.05) is 43.2 Å². The van der Waals surface area contributed by atoms with Gasteiger partial charge in [0.25, 0.3) is 5.91 Å². The Kier molecular flexibility index (Phi) is 5.52. The average Bonchev–Trinajstić information content (AvgIpc) is 3.69. The number of benzene rings is 2. The lowest BCUT2D eigenvalue weighted by molar-refractivity contribution is -0.125. The maximum atomic E-state index is 14.2. The molecule has 2 aromatic carbocycles. The van der Waals surface area contributed by atoms with Gasteiger partial charge in [-0.3, -0.25) is 14.6 Å². The predicted octanol–water partition coefficient (Wildman–Crippen LogP) is 4.19. The average molecular weight is 457 g/mol. The van der Waals surface area contributed by atoms with Gasteiger partial charge in [-0.15, -0.1) is 0 Å². The number of rotatable bonds is 4. The number of hydrogen-bond acceptors (Lipinski definition) is 4. The molecule has 0 bridgehead atoms. The summed E-state index contributed by atoms with van der Waals surface area (Å²) in [5, 5.41) is 12.8. The lowest BCUT2D eigenvalue weighted by Crippen LogP contribution is -2.42. The van der Waals surface area contributed by atoms with E-state index in [1.54, 1.807) is 24.2 Å². The van der Waals surface area contributed by atoms with Crippen molar-refractivity contribution in [2.24, 2.45) is 5.92 Å². The molecular formula is C27H25FN4O2. The van der Waals surface area contributed by atoms with Crippen LogP contribution in [0.5, 0.6) is 0 Å². The molecule has 1 aliphatic carbocycles. The van der Waals surface area contributed by atoms with Crippen molar-refractivity contribution in [1.82, 2.24) is 15.2 Å². The molecule has 6 nitrogen and oxygen atoms in total. The zero-order valence-electron chi connectivity index (χ0n) is 19.0. The van der Waals surface area contributed by atoms with E-state index in [4.69, 9.17) is 0 Å². The molecule has 5 rings (SSSR count). The molecule has 2 aliphatic rings. The van der Waals surface area contributed by atoms with E-state index >= 15 is 0 Å².